The third kappa shape index (κ3) is 4.06. The Balaban J connectivity index is 1.53. The van der Waals surface area contributed by atoms with Gasteiger partial charge in [-0.15, -0.1) is 11.8 Å². The van der Waals surface area contributed by atoms with Crippen LogP contribution in [0.25, 0.3) is 0 Å². The summed E-state index contributed by atoms with van der Waals surface area (Å²) >= 11 is 1.15. The largest absolute Gasteiger partial charge is 0.360 e. The van der Waals surface area contributed by atoms with Crippen LogP contribution >= 0.6 is 11.8 Å². The predicted molar refractivity (Wildman–Crippen MR) is 103 cm³/mol. The Bertz CT molecular complexity index is 971. The monoisotopic (exact) mass is 402 g/mol. The number of hydrogen-bond acceptors (Lipinski definition) is 7. The Morgan fingerprint density at radius 2 is 1.89 bits per heavy atom. The van der Waals surface area contributed by atoms with Crippen LogP contribution < -0.4 is 10.6 Å². The van der Waals surface area contributed by atoms with E-state index in [2.05, 4.69) is 15.8 Å². The fourth-order valence-corrected chi connectivity index (χ4v) is 3.25. The molecule has 1 aliphatic heterocycles. The van der Waals surface area contributed by atoms with Gasteiger partial charge in [-0.2, -0.15) is 0 Å². The Kier molecular flexibility index (Phi) is 5.50. The lowest BCUT2D eigenvalue weighted by atomic mass is 10.1. The molecule has 4 amide bonds. The number of rotatable bonds is 6. The summed E-state index contributed by atoms with van der Waals surface area (Å²) in [5.41, 5.74) is 0.984. The minimum atomic E-state index is -0.490. The summed E-state index contributed by atoms with van der Waals surface area (Å²) in [6.07, 6.45) is 0. The van der Waals surface area contributed by atoms with Crippen LogP contribution in [0.1, 0.15) is 33.4 Å². The molecule has 10 heteroatoms. The molecule has 9 nitrogen and oxygen atoms in total. The first-order valence-electron chi connectivity index (χ1n) is 8.38. The van der Waals surface area contributed by atoms with Gasteiger partial charge in [0.05, 0.1) is 22.1 Å². The number of nitrogens with one attached hydrogen (secondary N) is 2. The van der Waals surface area contributed by atoms with Gasteiger partial charge < -0.3 is 15.2 Å². The van der Waals surface area contributed by atoms with Gasteiger partial charge in [0.1, 0.15) is 5.76 Å². The van der Waals surface area contributed by atoms with Crippen LogP contribution in [-0.2, 0) is 9.59 Å². The summed E-state index contributed by atoms with van der Waals surface area (Å²) in [5.74, 6) is -0.453. The van der Waals surface area contributed by atoms with E-state index < -0.39 is 11.2 Å². The molecule has 0 saturated heterocycles. The van der Waals surface area contributed by atoms with Crippen molar-refractivity contribution in [1.82, 2.24) is 10.1 Å². The Hall–Kier alpha value is -3.14. The number of carbonyl (C=O) groups excluding carboxylic acids is 4. The average Bonchev–Trinajstić information content (AvgIpc) is 3.16. The second-order valence-corrected chi connectivity index (χ2v) is 7.57. The van der Waals surface area contributed by atoms with E-state index in [0.717, 1.165) is 16.7 Å². The quantitative estimate of drug-likeness (QED) is 0.708. The van der Waals surface area contributed by atoms with Gasteiger partial charge >= 0.3 is 0 Å². The van der Waals surface area contributed by atoms with Crippen LogP contribution in [0.3, 0.4) is 0 Å². The number of imide groups is 1. The number of nitrogens with zero attached hydrogens (tertiary/aromatic N) is 2. The molecule has 3 rings (SSSR count). The third-order valence-electron chi connectivity index (χ3n) is 4.09. The van der Waals surface area contributed by atoms with Gasteiger partial charge in [0, 0.05) is 18.8 Å². The second-order valence-electron chi connectivity index (χ2n) is 6.24. The zero-order chi connectivity index (χ0) is 20.4. The summed E-state index contributed by atoms with van der Waals surface area (Å²) in [7, 11) is 1.41. The fraction of sp³-hybridized carbons (Fsp3) is 0.278. The molecule has 146 valence electrons. The van der Waals surface area contributed by atoms with Crippen molar-refractivity contribution in [3.05, 3.63) is 41.2 Å². The smallest absolute Gasteiger partial charge is 0.261 e. The molecular weight excluding hydrogens is 384 g/mol. The summed E-state index contributed by atoms with van der Waals surface area (Å²) in [6, 6.07) is 6.15. The molecule has 1 aliphatic rings. The molecule has 2 heterocycles. The minimum Gasteiger partial charge on any atom is -0.360 e. The van der Waals surface area contributed by atoms with Crippen LogP contribution in [0.2, 0.25) is 0 Å². The van der Waals surface area contributed by atoms with E-state index in [0.29, 0.717) is 22.8 Å². The van der Waals surface area contributed by atoms with Crippen LogP contribution in [0, 0.1) is 6.92 Å². The van der Waals surface area contributed by atoms with Crippen molar-refractivity contribution in [2.45, 2.75) is 19.1 Å². The Morgan fingerprint density at radius 3 is 2.57 bits per heavy atom. The second kappa shape index (κ2) is 7.85. The molecule has 1 aromatic carbocycles. The van der Waals surface area contributed by atoms with E-state index in [-0.39, 0.29) is 29.0 Å². The topological polar surface area (TPSA) is 122 Å². The number of amides is 4. The predicted octanol–water partition coefficient (Wildman–Crippen LogP) is 1.91. The molecule has 1 aromatic heterocycles. The van der Waals surface area contributed by atoms with Crippen LogP contribution in [-0.4, -0.2) is 51.7 Å². The fourth-order valence-electron chi connectivity index (χ4n) is 2.57. The standard InChI is InChI=1S/C18H18N4O5S/c1-9-6-14(21-27-9)20-16(24)10(2)28-8-15(23)19-11-4-5-12-13(7-11)18(26)22(3)17(12)25/h4-7,10H,8H2,1-3H3,(H,19,23)(H,20,21,24). The number of aryl methyl sites for hydroxylation is 1. The lowest BCUT2D eigenvalue weighted by Gasteiger charge is -2.11. The Labute approximate surface area is 164 Å². The highest BCUT2D eigenvalue weighted by molar-refractivity contribution is 8.01. The molecule has 0 spiro atoms. The molecule has 28 heavy (non-hydrogen) atoms. The molecule has 1 unspecified atom stereocenters. The van der Waals surface area contributed by atoms with Crippen LogP contribution in [0.5, 0.6) is 0 Å². The number of carbonyl (C=O) groups is 4. The number of hydrogen-bond donors (Lipinski definition) is 2. The lowest BCUT2D eigenvalue weighted by molar-refractivity contribution is -0.115. The number of benzene rings is 1. The number of fused-ring (bicyclic) bond motifs is 1. The molecule has 1 atom stereocenters. The van der Waals surface area contributed by atoms with Crippen molar-refractivity contribution in [1.29, 1.82) is 0 Å². The average molecular weight is 402 g/mol. The highest BCUT2D eigenvalue weighted by Gasteiger charge is 2.32. The van der Waals surface area contributed by atoms with Crippen LogP contribution in [0.4, 0.5) is 11.5 Å². The minimum absolute atomic E-state index is 0.0380. The molecular formula is C18H18N4O5S. The number of thioether (sulfide) groups is 1. The van der Waals surface area contributed by atoms with Gasteiger partial charge in [0.25, 0.3) is 11.8 Å². The van der Waals surface area contributed by atoms with E-state index in [4.69, 9.17) is 4.52 Å². The highest BCUT2D eigenvalue weighted by Crippen LogP contribution is 2.25. The zero-order valence-electron chi connectivity index (χ0n) is 15.4. The van der Waals surface area contributed by atoms with Gasteiger partial charge in [-0.3, -0.25) is 24.1 Å². The van der Waals surface area contributed by atoms with Crippen molar-refractivity contribution >= 4 is 46.9 Å². The normalized spacial score (nSPS) is 14.0. The zero-order valence-corrected chi connectivity index (χ0v) is 16.3. The first-order valence-corrected chi connectivity index (χ1v) is 9.43. The van der Waals surface area contributed by atoms with E-state index in [1.165, 1.54) is 19.2 Å². The summed E-state index contributed by atoms with van der Waals surface area (Å²) in [5, 5.41) is 8.47. The summed E-state index contributed by atoms with van der Waals surface area (Å²) in [4.78, 5) is 49.2. The maximum absolute atomic E-state index is 12.2. The number of anilines is 2. The van der Waals surface area contributed by atoms with Gasteiger partial charge in [0.15, 0.2) is 5.82 Å². The molecule has 2 N–H and O–H groups in total. The van der Waals surface area contributed by atoms with E-state index >= 15 is 0 Å². The van der Waals surface area contributed by atoms with Gasteiger partial charge in [-0.05, 0) is 32.0 Å². The first kappa shape index (κ1) is 19.6. The highest BCUT2D eigenvalue weighted by atomic mass is 32.2. The van der Waals surface area contributed by atoms with Crippen molar-refractivity contribution in [3.63, 3.8) is 0 Å². The Morgan fingerprint density at radius 1 is 1.18 bits per heavy atom. The SMILES string of the molecule is Cc1cc(NC(=O)C(C)SCC(=O)Nc2ccc3c(c2)C(=O)N(C)C3=O)no1. The van der Waals surface area contributed by atoms with Crippen molar-refractivity contribution < 1.29 is 23.7 Å². The molecule has 2 aromatic rings. The van der Waals surface area contributed by atoms with Crippen molar-refractivity contribution in [2.75, 3.05) is 23.4 Å². The molecule has 0 aliphatic carbocycles. The van der Waals surface area contributed by atoms with Gasteiger partial charge in [-0.25, -0.2) is 0 Å². The summed E-state index contributed by atoms with van der Waals surface area (Å²) in [6.45, 7) is 3.39. The third-order valence-corrected chi connectivity index (χ3v) is 5.23. The van der Waals surface area contributed by atoms with Crippen LogP contribution in [0.15, 0.2) is 28.8 Å². The lowest BCUT2D eigenvalue weighted by Crippen LogP contribution is -2.25. The van der Waals surface area contributed by atoms with Gasteiger partial charge in [0.2, 0.25) is 11.8 Å². The van der Waals surface area contributed by atoms with Gasteiger partial charge in [-0.1, -0.05) is 5.16 Å². The van der Waals surface area contributed by atoms with E-state index in [9.17, 15) is 19.2 Å². The maximum Gasteiger partial charge on any atom is 0.261 e. The van der Waals surface area contributed by atoms with E-state index in [1.807, 2.05) is 0 Å². The number of aromatic nitrogens is 1. The molecule has 0 saturated carbocycles. The van der Waals surface area contributed by atoms with E-state index in [1.54, 1.807) is 26.0 Å². The van der Waals surface area contributed by atoms with Crippen molar-refractivity contribution in [3.8, 4) is 0 Å². The summed E-state index contributed by atoms with van der Waals surface area (Å²) < 4.78 is 4.88. The van der Waals surface area contributed by atoms with Crippen molar-refractivity contribution in [2.24, 2.45) is 0 Å². The maximum atomic E-state index is 12.2. The molecule has 0 fully saturated rings. The molecule has 0 radical (unpaired) electrons. The first-order chi connectivity index (χ1) is 13.3. The molecule has 0 bridgehead atoms.